The third kappa shape index (κ3) is 1.32. The van der Waals surface area contributed by atoms with Crippen LogP contribution in [0.4, 0.5) is 0 Å². The summed E-state index contributed by atoms with van der Waals surface area (Å²) >= 11 is 2.95. The van der Waals surface area contributed by atoms with Crippen molar-refractivity contribution >= 4 is 32.2 Å². The highest BCUT2D eigenvalue weighted by molar-refractivity contribution is 9.18. The summed E-state index contributed by atoms with van der Waals surface area (Å²) in [5.41, 5.74) is 0. The highest BCUT2D eigenvalue weighted by atomic mass is 79.9. The monoisotopic (exact) mass is 187 g/mol. The Morgan fingerprint density at radius 3 is 2.44 bits per heavy atom. The van der Waals surface area contributed by atoms with E-state index >= 15 is 0 Å². The molecule has 0 aliphatic carbocycles. The second kappa shape index (κ2) is 2.23. The molecule has 0 atom stereocenters. The van der Waals surface area contributed by atoms with Crippen molar-refractivity contribution in [2.75, 3.05) is 0 Å². The van der Waals surface area contributed by atoms with Crippen LogP contribution in [0, 0.1) is 0 Å². The molecule has 0 unspecified atom stereocenters. The fourth-order valence-corrected chi connectivity index (χ4v) is 0.698. The Labute approximate surface area is 59.6 Å². The summed E-state index contributed by atoms with van der Waals surface area (Å²) in [4.78, 5) is 24.1. The lowest BCUT2D eigenvalue weighted by atomic mass is 10.3. The maximum Gasteiger partial charge on any atom is 0.318 e. The molecule has 1 heterocycles. The van der Waals surface area contributed by atoms with Gasteiger partial charge in [-0.3, -0.25) is 9.59 Å². The van der Waals surface area contributed by atoms with Crippen molar-refractivity contribution in [1.29, 1.82) is 0 Å². The van der Waals surface area contributed by atoms with Gasteiger partial charge in [-0.2, -0.15) is 4.99 Å². The molecule has 0 saturated carbocycles. The predicted octanol–water partition coefficient (Wildman–Crippen LogP) is 0.445. The molecule has 0 aromatic carbocycles. The van der Waals surface area contributed by atoms with E-state index in [0.717, 1.165) is 0 Å². The van der Waals surface area contributed by atoms with Gasteiger partial charge in [0, 0.05) is 0 Å². The Morgan fingerprint density at radius 1 is 1.33 bits per heavy atom. The number of rotatable bonds is 0. The molecule has 0 fully saturated rings. The summed E-state index contributed by atoms with van der Waals surface area (Å²) in [5, 5.41) is 0. The van der Waals surface area contributed by atoms with Crippen LogP contribution in [0.5, 0.6) is 0 Å². The van der Waals surface area contributed by atoms with Crippen molar-refractivity contribution < 1.29 is 9.59 Å². The first-order valence-corrected chi connectivity index (χ1v) is 3.00. The summed E-state index contributed by atoms with van der Waals surface area (Å²) < 4.78 is 0.395. The molecular weight excluding hydrogens is 186 g/mol. The molecule has 0 aromatic heterocycles. The van der Waals surface area contributed by atoms with Crippen LogP contribution in [0.2, 0.25) is 0 Å². The number of hydrogen-bond donors (Lipinski definition) is 0. The van der Waals surface area contributed by atoms with Crippen LogP contribution >= 0.6 is 15.9 Å². The standard InChI is InChI=1S/C5H2BrNO2/c6-4-2-1-3(8)5(9)7-4/h1-2H. The van der Waals surface area contributed by atoms with E-state index in [-0.39, 0.29) is 0 Å². The number of carbonyl (C=O) groups excluding carboxylic acids is 2. The van der Waals surface area contributed by atoms with E-state index in [2.05, 4.69) is 20.9 Å². The zero-order valence-electron chi connectivity index (χ0n) is 4.30. The molecule has 1 amide bonds. The molecule has 0 N–H and O–H groups in total. The minimum atomic E-state index is -0.718. The Bertz CT molecular complexity index is 229. The first-order valence-electron chi connectivity index (χ1n) is 2.21. The van der Waals surface area contributed by atoms with Gasteiger partial charge in [0.2, 0.25) is 5.78 Å². The third-order valence-corrected chi connectivity index (χ3v) is 1.23. The van der Waals surface area contributed by atoms with E-state index < -0.39 is 11.7 Å². The number of dihydropyridines is 1. The normalized spacial score (nSPS) is 18.1. The molecule has 1 aliphatic rings. The van der Waals surface area contributed by atoms with Gasteiger partial charge in [0.1, 0.15) is 4.62 Å². The molecule has 9 heavy (non-hydrogen) atoms. The van der Waals surface area contributed by atoms with Gasteiger partial charge in [0.25, 0.3) is 0 Å². The van der Waals surface area contributed by atoms with E-state index in [1.807, 2.05) is 0 Å². The SMILES string of the molecule is O=C1C=CC(Br)=NC1=O. The van der Waals surface area contributed by atoms with E-state index in [4.69, 9.17) is 0 Å². The van der Waals surface area contributed by atoms with Crippen molar-refractivity contribution in [3.05, 3.63) is 12.2 Å². The fourth-order valence-electron chi connectivity index (χ4n) is 0.405. The number of halogens is 1. The smallest absolute Gasteiger partial charge is 0.284 e. The van der Waals surface area contributed by atoms with Crippen LogP contribution in [0.3, 0.4) is 0 Å². The number of allylic oxidation sites excluding steroid dienone is 1. The highest BCUT2D eigenvalue weighted by Gasteiger charge is 2.12. The second-order valence-electron chi connectivity index (χ2n) is 1.44. The number of amides is 1. The molecule has 0 saturated heterocycles. The van der Waals surface area contributed by atoms with Gasteiger partial charge in [0.05, 0.1) is 0 Å². The Hall–Kier alpha value is -0.770. The molecular formula is C5H2BrNO2. The minimum Gasteiger partial charge on any atom is -0.284 e. The van der Waals surface area contributed by atoms with Crippen LogP contribution in [0.1, 0.15) is 0 Å². The molecule has 1 rings (SSSR count). The second-order valence-corrected chi connectivity index (χ2v) is 2.25. The first kappa shape index (κ1) is 6.35. The maximum atomic E-state index is 10.4. The quantitative estimate of drug-likeness (QED) is 0.518. The number of carbonyl (C=O) groups is 2. The van der Waals surface area contributed by atoms with Crippen molar-refractivity contribution in [3.8, 4) is 0 Å². The highest BCUT2D eigenvalue weighted by Crippen LogP contribution is 1.99. The maximum absolute atomic E-state index is 10.4. The Balaban J connectivity index is 2.95. The zero-order chi connectivity index (χ0) is 6.85. The van der Waals surface area contributed by atoms with E-state index in [0.29, 0.717) is 4.62 Å². The van der Waals surface area contributed by atoms with Gasteiger partial charge < -0.3 is 0 Å². The molecule has 0 radical (unpaired) electrons. The summed E-state index contributed by atoms with van der Waals surface area (Å²) in [5.74, 6) is -1.29. The zero-order valence-corrected chi connectivity index (χ0v) is 5.88. The lowest BCUT2D eigenvalue weighted by Gasteiger charge is -1.93. The third-order valence-electron chi connectivity index (χ3n) is 0.791. The predicted molar refractivity (Wildman–Crippen MR) is 35.5 cm³/mol. The van der Waals surface area contributed by atoms with Gasteiger partial charge in [0.15, 0.2) is 0 Å². The lowest BCUT2D eigenvalue weighted by Crippen LogP contribution is -2.12. The molecule has 3 nitrogen and oxygen atoms in total. The fraction of sp³-hybridized carbons (Fsp3) is 0. The van der Waals surface area contributed by atoms with Gasteiger partial charge in [-0.05, 0) is 28.1 Å². The summed E-state index contributed by atoms with van der Waals surface area (Å²) in [6.07, 6.45) is 2.61. The van der Waals surface area contributed by atoms with Gasteiger partial charge >= 0.3 is 5.91 Å². The van der Waals surface area contributed by atoms with Crippen molar-refractivity contribution in [2.24, 2.45) is 4.99 Å². The summed E-state index contributed by atoms with van der Waals surface area (Å²) in [7, 11) is 0. The van der Waals surface area contributed by atoms with Gasteiger partial charge in [-0.1, -0.05) is 0 Å². The summed E-state index contributed by atoms with van der Waals surface area (Å²) in [6.45, 7) is 0. The van der Waals surface area contributed by atoms with Crippen LogP contribution in [0.15, 0.2) is 17.1 Å². The summed E-state index contributed by atoms with van der Waals surface area (Å²) in [6, 6.07) is 0. The number of ketones is 1. The lowest BCUT2D eigenvalue weighted by molar-refractivity contribution is -0.133. The molecule has 46 valence electrons. The largest absolute Gasteiger partial charge is 0.318 e. The average molecular weight is 188 g/mol. The van der Waals surface area contributed by atoms with E-state index in [1.54, 1.807) is 0 Å². The van der Waals surface area contributed by atoms with Gasteiger partial charge in [-0.15, -0.1) is 0 Å². The number of hydrogen-bond acceptors (Lipinski definition) is 2. The molecule has 4 heteroatoms. The molecule has 0 spiro atoms. The van der Waals surface area contributed by atoms with Crippen molar-refractivity contribution in [1.82, 2.24) is 0 Å². The van der Waals surface area contributed by atoms with Crippen molar-refractivity contribution in [3.63, 3.8) is 0 Å². The first-order chi connectivity index (χ1) is 4.20. The van der Waals surface area contributed by atoms with E-state index in [9.17, 15) is 9.59 Å². The van der Waals surface area contributed by atoms with E-state index in [1.165, 1.54) is 12.2 Å². The van der Waals surface area contributed by atoms with Crippen molar-refractivity contribution in [2.45, 2.75) is 0 Å². The molecule has 0 aromatic rings. The topological polar surface area (TPSA) is 46.5 Å². The number of aliphatic imine (C=N–C) groups is 1. The Morgan fingerprint density at radius 2 is 2.00 bits per heavy atom. The Kier molecular flexibility index (Phi) is 1.57. The molecule has 0 bridgehead atoms. The minimum absolute atomic E-state index is 0.395. The average Bonchev–Trinajstić information content (AvgIpc) is 1.80. The van der Waals surface area contributed by atoms with Crippen LogP contribution < -0.4 is 0 Å². The van der Waals surface area contributed by atoms with Crippen LogP contribution in [-0.4, -0.2) is 16.3 Å². The molecule has 1 aliphatic heterocycles. The van der Waals surface area contributed by atoms with Crippen LogP contribution in [-0.2, 0) is 9.59 Å². The number of nitrogens with zero attached hydrogens (tertiary/aromatic N) is 1. The van der Waals surface area contributed by atoms with Crippen LogP contribution in [0.25, 0.3) is 0 Å². The van der Waals surface area contributed by atoms with Gasteiger partial charge in [-0.25, -0.2) is 0 Å².